The van der Waals surface area contributed by atoms with Crippen molar-refractivity contribution in [3.8, 4) is 5.75 Å². The molecule has 1 aliphatic rings. The molecule has 0 saturated carbocycles. The standard InChI is InChI=1S/C19H20N4O6/c1-29-18-5-3-2-4-15(18)20-19(24)13-8-10-21(11-9-13)16-7-6-14(22(25)26)12-17(16)23(27)28/h2-7,12-13H,8-11H2,1H3,(H,20,24). The van der Waals surface area contributed by atoms with Crippen molar-refractivity contribution in [2.24, 2.45) is 5.92 Å². The first-order valence-corrected chi connectivity index (χ1v) is 9.02. The molecule has 0 unspecified atom stereocenters. The van der Waals surface area contributed by atoms with Crippen molar-refractivity contribution in [3.63, 3.8) is 0 Å². The molecule has 1 N–H and O–H groups in total. The van der Waals surface area contributed by atoms with Gasteiger partial charge in [-0.25, -0.2) is 0 Å². The van der Waals surface area contributed by atoms with E-state index in [4.69, 9.17) is 4.74 Å². The van der Waals surface area contributed by atoms with Crippen molar-refractivity contribution in [2.75, 3.05) is 30.4 Å². The van der Waals surface area contributed by atoms with E-state index in [0.29, 0.717) is 43.1 Å². The maximum absolute atomic E-state index is 12.6. The van der Waals surface area contributed by atoms with Crippen LogP contribution in [0.3, 0.4) is 0 Å². The SMILES string of the molecule is COc1ccccc1NC(=O)C1CCN(c2ccc([N+](=O)[O-])cc2[N+](=O)[O-])CC1. The lowest BCUT2D eigenvalue weighted by molar-refractivity contribution is -0.393. The third-order valence-corrected chi connectivity index (χ3v) is 4.94. The Morgan fingerprint density at radius 1 is 1.10 bits per heavy atom. The third kappa shape index (κ3) is 4.42. The number of carbonyl (C=O) groups is 1. The maximum atomic E-state index is 12.6. The van der Waals surface area contributed by atoms with Crippen LogP contribution in [0.1, 0.15) is 12.8 Å². The second kappa shape index (κ2) is 8.55. The first-order chi connectivity index (χ1) is 13.9. The van der Waals surface area contributed by atoms with E-state index in [0.717, 1.165) is 6.07 Å². The average Bonchev–Trinajstić information content (AvgIpc) is 2.73. The highest BCUT2D eigenvalue weighted by molar-refractivity contribution is 5.94. The lowest BCUT2D eigenvalue weighted by atomic mass is 9.95. The molecule has 0 radical (unpaired) electrons. The summed E-state index contributed by atoms with van der Waals surface area (Å²) in [6, 6.07) is 10.7. The summed E-state index contributed by atoms with van der Waals surface area (Å²) in [7, 11) is 1.53. The van der Waals surface area contributed by atoms with E-state index in [9.17, 15) is 25.0 Å². The zero-order valence-corrected chi connectivity index (χ0v) is 15.7. The molecule has 0 aliphatic carbocycles. The summed E-state index contributed by atoms with van der Waals surface area (Å²) in [5.74, 6) is 0.195. The number of nitrogens with one attached hydrogen (secondary N) is 1. The number of carbonyl (C=O) groups excluding carboxylic acids is 1. The summed E-state index contributed by atoms with van der Waals surface area (Å²) in [5.41, 5.74) is 0.278. The number of anilines is 2. The number of ether oxygens (including phenoxy) is 1. The van der Waals surface area contributed by atoms with Crippen LogP contribution in [0.4, 0.5) is 22.7 Å². The van der Waals surface area contributed by atoms with Crippen molar-refractivity contribution >= 4 is 28.7 Å². The molecule has 152 valence electrons. The minimum atomic E-state index is -0.662. The number of nitrogens with zero attached hydrogens (tertiary/aromatic N) is 3. The number of benzene rings is 2. The van der Waals surface area contributed by atoms with E-state index >= 15 is 0 Å². The number of nitro benzene ring substituents is 2. The molecule has 0 aromatic heterocycles. The zero-order valence-electron chi connectivity index (χ0n) is 15.7. The third-order valence-electron chi connectivity index (χ3n) is 4.94. The highest BCUT2D eigenvalue weighted by Crippen LogP contribution is 2.34. The van der Waals surface area contributed by atoms with Crippen LogP contribution < -0.4 is 15.0 Å². The van der Waals surface area contributed by atoms with Gasteiger partial charge in [-0.15, -0.1) is 0 Å². The number of non-ortho nitro benzene ring substituents is 1. The number of amides is 1. The van der Waals surface area contributed by atoms with Crippen LogP contribution in [-0.4, -0.2) is 36.0 Å². The molecular formula is C19H20N4O6. The molecule has 10 nitrogen and oxygen atoms in total. The maximum Gasteiger partial charge on any atom is 0.299 e. The van der Waals surface area contributed by atoms with E-state index in [1.54, 1.807) is 23.1 Å². The van der Waals surface area contributed by atoms with Crippen molar-refractivity contribution in [1.82, 2.24) is 0 Å². The molecule has 10 heteroatoms. The van der Waals surface area contributed by atoms with Gasteiger partial charge in [-0.1, -0.05) is 12.1 Å². The van der Waals surface area contributed by atoms with Gasteiger partial charge in [0.2, 0.25) is 5.91 Å². The molecule has 2 aromatic carbocycles. The van der Waals surface area contributed by atoms with Crippen molar-refractivity contribution in [3.05, 3.63) is 62.7 Å². The summed E-state index contributed by atoms with van der Waals surface area (Å²) in [4.78, 5) is 35.4. The van der Waals surface area contributed by atoms with Gasteiger partial charge in [-0.05, 0) is 31.0 Å². The molecule has 29 heavy (non-hydrogen) atoms. The Bertz CT molecular complexity index is 940. The highest BCUT2D eigenvalue weighted by Gasteiger charge is 2.29. The Morgan fingerprint density at radius 2 is 1.79 bits per heavy atom. The number of methoxy groups -OCH3 is 1. The van der Waals surface area contributed by atoms with Gasteiger partial charge in [0.15, 0.2) is 0 Å². The van der Waals surface area contributed by atoms with Gasteiger partial charge in [0.05, 0.1) is 28.7 Å². The number of para-hydroxylation sites is 2. The topological polar surface area (TPSA) is 128 Å². The van der Waals surface area contributed by atoms with Gasteiger partial charge in [0, 0.05) is 25.1 Å². The lowest BCUT2D eigenvalue weighted by Crippen LogP contribution is -2.38. The minimum Gasteiger partial charge on any atom is -0.495 e. The predicted octanol–water partition coefficient (Wildman–Crippen LogP) is 3.37. The Morgan fingerprint density at radius 3 is 2.41 bits per heavy atom. The molecule has 0 spiro atoms. The molecule has 3 rings (SSSR count). The van der Waals surface area contributed by atoms with Gasteiger partial charge < -0.3 is 15.0 Å². The number of nitro groups is 2. The summed E-state index contributed by atoms with van der Waals surface area (Å²) in [6.07, 6.45) is 1.02. The van der Waals surface area contributed by atoms with Crippen molar-refractivity contribution < 1.29 is 19.4 Å². The largest absolute Gasteiger partial charge is 0.495 e. The molecule has 1 aliphatic heterocycles. The van der Waals surface area contributed by atoms with E-state index in [-0.39, 0.29) is 23.2 Å². The fraction of sp³-hybridized carbons (Fsp3) is 0.316. The molecule has 1 fully saturated rings. The van der Waals surface area contributed by atoms with Gasteiger partial charge in [-0.3, -0.25) is 25.0 Å². The second-order valence-electron chi connectivity index (χ2n) is 6.64. The number of rotatable bonds is 6. The van der Waals surface area contributed by atoms with Gasteiger partial charge in [0.1, 0.15) is 11.4 Å². The molecule has 0 atom stereocenters. The van der Waals surface area contributed by atoms with Crippen LogP contribution in [-0.2, 0) is 4.79 Å². The van der Waals surface area contributed by atoms with Crippen LogP contribution >= 0.6 is 0 Å². The average molecular weight is 400 g/mol. The Kier molecular flexibility index (Phi) is 5.91. The summed E-state index contributed by atoms with van der Waals surface area (Å²) in [5, 5.41) is 25.1. The first kappa shape index (κ1) is 20.1. The fourth-order valence-electron chi connectivity index (χ4n) is 3.40. The number of hydrogen-bond acceptors (Lipinski definition) is 7. The van der Waals surface area contributed by atoms with Crippen LogP contribution in [0.2, 0.25) is 0 Å². The van der Waals surface area contributed by atoms with Gasteiger partial charge in [-0.2, -0.15) is 0 Å². The number of piperidine rings is 1. The minimum absolute atomic E-state index is 0.132. The van der Waals surface area contributed by atoms with Crippen molar-refractivity contribution in [1.29, 1.82) is 0 Å². The van der Waals surface area contributed by atoms with E-state index in [2.05, 4.69) is 5.32 Å². The molecule has 2 aromatic rings. The first-order valence-electron chi connectivity index (χ1n) is 9.02. The number of hydrogen-bond donors (Lipinski definition) is 1. The summed E-state index contributed by atoms with van der Waals surface area (Å²) < 4.78 is 5.24. The zero-order chi connectivity index (χ0) is 21.0. The quantitative estimate of drug-likeness (QED) is 0.581. The van der Waals surface area contributed by atoms with E-state index < -0.39 is 9.85 Å². The van der Waals surface area contributed by atoms with Gasteiger partial charge in [0.25, 0.3) is 11.4 Å². The highest BCUT2D eigenvalue weighted by atomic mass is 16.6. The van der Waals surface area contributed by atoms with E-state index in [1.165, 1.54) is 19.2 Å². The monoisotopic (exact) mass is 400 g/mol. The molecule has 1 heterocycles. The van der Waals surface area contributed by atoms with E-state index in [1.807, 2.05) is 6.07 Å². The van der Waals surface area contributed by atoms with Crippen molar-refractivity contribution in [2.45, 2.75) is 12.8 Å². The van der Waals surface area contributed by atoms with Crippen LogP contribution in [0.5, 0.6) is 5.75 Å². The molecule has 1 saturated heterocycles. The Labute approximate surface area is 166 Å². The molecule has 1 amide bonds. The Hall–Kier alpha value is -3.69. The van der Waals surface area contributed by atoms with Gasteiger partial charge >= 0.3 is 0 Å². The smallest absolute Gasteiger partial charge is 0.299 e. The van der Waals surface area contributed by atoms with Crippen LogP contribution in [0, 0.1) is 26.1 Å². The molecule has 0 bridgehead atoms. The lowest BCUT2D eigenvalue weighted by Gasteiger charge is -2.32. The fourth-order valence-corrected chi connectivity index (χ4v) is 3.40. The van der Waals surface area contributed by atoms with Crippen LogP contribution in [0.15, 0.2) is 42.5 Å². The molecular weight excluding hydrogens is 380 g/mol. The Balaban J connectivity index is 1.68. The normalized spacial score (nSPS) is 14.3. The second-order valence-corrected chi connectivity index (χ2v) is 6.64. The van der Waals surface area contributed by atoms with Crippen LogP contribution in [0.25, 0.3) is 0 Å². The summed E-state index contributed by atoms with van der Waals surface area (Å²) in [6.45, 7) is 0.866. The predicted molar refractivity (Wildman–Crippen MR) is 106 cm³/mol. The summed E-state index contributed by atoms with van der Waals surface area (Å²) >= 11 is 0.